The van der Waals surface area contributed by atoms with Gasteiger partial charge in [0.05, 0.1) is 14.2 Å². The van der Waals surface area contributed by atoms with Gasteiger partial charge in [-0.15, -0.1) is 0 Å². The summed E-state index contributed by atoms with van der Waals surface area (Å²) in [5.41, 5.74) is 2.11. The third-order valence-corrected chi connectivity index (χ3v) is 2.38. The van der Waals surface area contributed by atoms with Crippen LogP contribution < -0.4 is 9.47 Å². The summed E-state index contributed by atoms with van der Waals surface area (Å²) in [4.78, 5) is 0. The molecule has 81 valence electrons. The minimum absolute atomic E-state index is 0.629. The molecule has 0 saturated carbocycles. The van der Waals surface area contributed by atoms with Crippen LogP contribution in [0, 0.1) is 6.07 Å². The van der Waals surface area contributed by atoms with Crippen molar-refractivity contribution in [3.63, 3.8) is 0 Å². The van der Waals surface area contributed by atoms with Crippen LogP contribution in [0.15, 0.2) is 42.5 Å². The minimum Gasteiger partial charge on any atom is -0.493 e. The zero-order valence-electron chi connectivity index (χ0n) is 9.36. The summed E-state index contributed by atoms with van der Waals surface area (Å²) in [6, 6.07) is 17.1. The van der Waals surface area contributed by atoms with Crippen molar-refractivity contribution in [2.75, 3.05) is 14.2 Å². The predicted molar refractivity (Wildman–Crippen MR) is 63.8 cm³/mol. The maximum Gasteiger partial charge on any atom is 0.169 e. The smallest absolute Gasteiger partial charge is 0.169 e. The van der Waals surface area contributed by atoms with Gasteiger partial charge < -0.3 is 9.47 Å². The third-order valence-electron chi connectivity index (χ3n) is 2.38. The molecule has 0 amide bonds. The molecule has 0 aliphatic rings. The molecule has 2 nitrogen and oxygen atoms in total. The van der Waals surface area contributed by atoms with Gasteiger partial charge in [0.2, 0.25) is 0 Å². The lowest BCUT2D eigenvalue weighted by Crippen LogP contribution is -1.91. The van der Waals surface area contributed by atoms with E-state index in [0.29, 0.717) is 11.5 Å². The van der Waals surface area contributed by atoms with Crippen LogP contribution in [0.3, 0.4) is 0 Å². The predicted octanol–water partition coefficient (Wildman–Crippen LogP) is 3.17. The second-order valence-corrected chi connectivity index (χ2v) is 3.34. The molecule has 1 radical (unpaired) electrons. The normalized spacial score (nSPS) is 9.88. The van der Waals surface area contributed by atoms with Gasteiger partial charge in [-0.25, -0.2) is 0 Å². The first kappa shape index (κ1) is 10.6. The fourth-order valence-electron chi connectivity index (χ4n) is 1.56. The Hall–Kier alpha value is -1.96. The third kappa shape index (κ3) is 2.01. The summed E-state index contributed by atoms with van der Waals surface area (Å²) in [6.45, 7) is 0. The molecule has 0 spiro atoms. The van der Waals surface area contributed by atoms with Gasteiger partial charge in [-0.3, -0.25) is 0 Å². The summed E-state index contributed by atoms with van der Waals surface area (Å²) >= 11 is 0. The van der Waals surface area contributed by atoms with E-state index >= 15 is 0 Å². The average Bonchev–Trinajstić information content (AvgIpc) is 2.39. The number of hydrogen-bond acceptors (Lipinski definition) is 2. The van der Waals surface area contributed by atoms with E-state index < -0.39 is 0 Å². The van der Waals surface area contributed by atoms with Gasteiger partial charge in [0.15, 0.2) is 11.5 Å². The summed E-state index contributed by atoms with van der Waals surface area (Å²) in [5, 5.41) is 0. The zero-order valence-corrected chi connectivity index (χ0v) is 9.36. The number of hydrogen-bond donors (Lipinski definition) is 0. The Kier molecular flexibility index (Phi) is 3.10. The summed E-state index contributed by atoms with van der Waals surface area (Å²) in [6.07, 6.45) is 0. The molecule has 2 rings (SSSR count). The molecule has 0 aromatic heterocycles. The standard InChI is InChI=1S/C14H13O2/c1-15-13-9-8-12(10-14(13)16-2)11-6-4-3-5-7-11/h3-9H,1-2H3. The van der Waals surface area contributed by atoms with Crippen molar-refractivity contribution in [1.82, 2.24) is 0 Å². The molecule has 2 aromatic carbocycles. The van der Waals surface area contributed by atoms with Crippen molar-refractivity contribution in [1.29, 1.82) is 0 Å². The van der Waals surface area contributed by atoms with Crippen molar-refractivity contribution in [3.8, 4) is 22.6 Å². The molecule has 0 aliphatic carbocycles. The lowest BCUT2D eigenvalue weighted by atomic mass is 10.1. The molecule has 0 saturated heterocycles. The fourth-order valence-corrected chi connectivity index (χ4v) is 1.56. The maximum atomic E-state index is 5.22. The average molecular weight is 213 g/mol. The number of rotatable bonds is 3. The number of benzene rings is 2. The summed E-state index contributed by atoms with van der Waals surface area (Å²) < 4.78 is 10.4. The molecule has 2 heteroatoms. The van der Waals surface area contributed by atoms with E-state index in [1.807, 2.05) is 42.5 Å². The number of ether oxygens (including phenoxy) is 2. The SMILES string of the molecule is COc1[c]c(-c2ccccc2)ccc1OC. The molecule has 2 aromatic rings. The zero-order chi connectivity index (χ0) is 11.4. The first-order valence-corrected chi connectivity index (χ1v) is 5.05. The van der Waals surface area contributed by atoms with Crippen LogP contribution in [0.25, 0.3) is 11.1 Å². The lowest BCUT2D eigenvalue weighted by molar-refractivity contribution is 0.354. The Morgan fingerprint density at radius 3 is 2.25 bits per heavy atom. The molecule has 0 bridgehead atoms. The first-order valence-electron chi connectivity index (χ1n) is 5.05. The van der Waals surface area contributed by atoms with Crippen LogP contribution in [-0.2, 0) is 0 Å². The van der Waals surface area contributed by atoms with E-state index in [1.54, 1.807) is 14.2 Å². The molecule has 0 N–H and O–H groups in total. The van der Waals surface area contributed by atoms with Gasteiger partial charge >= 0.3 is 0 Å². The minimum atomic E-state index is 0.629. The molecule has 0 fully saturated rings. The fraction of sp³-hybridized carbons (Fsp3) is 0.143. The second kappa shape index (κ2) is 4.71. The van der Waals surface area contributed by atoms with E-state index in [2.05, 4.69) is 6.07 Å². The van der Waals surface area contributed by atoms with Crippen LogP contribution in [0.5, 0.6) is 11.5 Å². The molecular weight excluding hydrogens is 200 g/mol. The topological polar surface area (TPSA) is 18.5 Å². The second-order valence-electron chi connectivity index (χ2n) is 3.34. The lowest BCUT2D eigenvalue weighted by Gasteiger charge is -2.08. The van der Waals surface area contributed by atoms with E-state index in [4.69, 9.17) is 9.47 Å². The van der Waals surface area contributed by atoms with Gasteiger partial charge in [-0.2, -0.15) is 0 Å². The molecule has 0 unspecified atom stereocenters. The van der Waals surface area contributed by atoms with E-state index in [0.717, 1.165) is 11.1 Å². The van der Waals surface area contributed by atoms with Gasteiger partial charge in [0, 0.05) is 6.07 Å². The Balaban J connectivity index is 2.44. The van der Waals surface area contributed by atoms with Gasteiger partial charge in [-0.1, -0.05) is 30.3 Å². The molecule has 0 aliphatic heterocycles. The van der Waals surface area contributed by atoms with E-state index in [9.17, 15) is 0 Å². The van der Waals surface area contributed by atoms with Gasteiger partial charge in [0.25, 0.3) is 0 Å². The van der Waals surface area contributed by atoms with Crippen LogP contribution in [-0.4, -0.2) is 14.2 Å². The highest BCUT2D eigenvalue weighted by Gasteiger charge is 2.05. The van der Waals surface area contributed by atoms with Crippen molar-refractivity contribution in [3.05, 3.63) is 48.5 Å². The van der Waals surface area contributed by atoms with Crippen molar-refractivity contribution >= 4 is 0 Å². The van der Waals surface area contributed by atoms with E-state index in [1.165, 1.54) is 0 Å². The quantitative estimate of drug-likeness (QED) is 0.779. The highest BCUT2D eigenvalue weighted by molar-refractivity contribution is 5.66. The van der Waals surface area contributed by atoms with Crippen LogP contribution >= 0.6 is 0 Å². The van der Waals surface area contributed by atoms with Crippen LogP contribution in [0.4, 0.5) is 0 Å². The maximum absolute atomic E-state index is 5.22. The van der Waals surface area contributed by atoms with Gasteiger partial charge in [0.1, 0.15) is 0 Å². The Labute approximate surface area is 95.4 Å². The van der Waals surface area contributed by atoms with Crippen molar-refractivity contribution < 1.29 is 9.47 Å². The Morgan fingerprint density at radius 1 is 0.875 bits per heavy atom. The van der Waals surface area contributed by atoms with E-state index in [-0.39, 0.29) is 0 Å². The molecular formula is C14H13O2. The van der Waals surface area contributed by atoms with Crippen molar-refractivity contribution in [2.45, 2.75) is 0 Å². The van der Waals surface area contributed by atoms with Crippen LogP contribution in [0.1, 0.15) is 0 Å². The van der Waals surface area contributed by atoms with Crippen molar-refractivity contribution in [2.24, 2.45) is 0 Å². The highest BCUT2D eigenvalue weighted by Crippen LogP contribution is 2.31. The highest BCUT2D eigenvalue weighted by atomic mass is 16.5. The largest absolute Gasteiger partial charge is 0.493 e. The molecule has 0 heterocycles. The number of methoxy groups -OCH3 is 2. The summed E-state index contributed by atoms with van der Waals surface area (Å²) in [7, 11) is 3.23. The monoisotopic (exact) mass is 213 g/mol. The Morgan fingerprint density at radius 2 is 1.62 bits per heavy atom. The Bertz CT molecular complexity index is 463. The van der Waals surface area contributed by atoms with Crippen LogP contribution in [0.2, 0.25) is 0 Å². The molecule has 16 heavy (non-hydrogen) atoms. The summed E-state index contributed by atoms with van der Waals surface area (Å²) in [5.74, 6) is 1.33. The van der Waals surface area contributed by atoms with Gasteiger partial charge in [-0.05, 0) is 23.3 Å². The molecule has 0 atom stereocenters. The first-order chi connectivity index (χ1) is 7.85.